The third-order valence-corrected chi connectivity index (χ3v) is 4.14. The molecule has 3 unspecified atom stereocenters. The van der Waals surface area contributed by atoms with E-state index in [1.165, 1.54) is 25.9 Å². The molecule has 2 aliphatic heterocycles. The summed E-state index contributed by atoms with van der Waals surface area (Å²) < 4.78 is 5.48. The molecule has 94 valence electrons. The SMILES string of the molecule is CN(C)C1CCN(C(CN)C2CCOC2)C1. The van der Waals surface area contributed by atoms with Crippen LogP contribution in [0.5, 0.6) is 0 Å². The van der Waals surface area contributed by atoms with Gasteiger partial charge in [0.15, 0.2) is 0 Å². The summed E-state index contributed by atoms with van der Waals surface area (Å²) in [6.07, 6.45) is 2.46. The van der Waals surface area contributed by atoms with Crippen LogP contribution in [0.15, 0.2) is 0 Å². The molecule has 2 saturated heterocycles. The smallest absolute Gasteiger partial charge is 0.0510 e. The average molecular weight is 227 g/mol. The molecule has 2 rings (SSSR count). The maximum atomic E-state index is 5.94. The summed E-state index contributed by atoms with van der Waals surface area (Å²) >= 11 is 0. The Morgan fingerprint density at radius 1 is 1.44 bits per heavy atom. The Kier molecular flexibility index (Phi) is 4.19. The predicted molar refractivity (Wildman–Crippen MR) is 65.4 cm³/mol. The van der Waals surface area contributed by atoms with Crippen LogP contribution >= 0.6 is 0 Å². The number of likely N-dealkylation sites (N-methyl/N-ethyl adjacent to an activating group) is 1. The van der Waals surface area contributed by atoms with E-state index in [4.69, 9.17) is 10.5 Å². The van der Waals surface area contributed by atoms with Crippen molar-refractivity contribution < 1.29 is 4.74 Å². The lowest BCUT2D eigenvalue weighted by atomic mass is 9.98. The van der Waals surface area contributed by atoms with Gasteiger partial charge in [-0.1, -0.05) is 0 Å². The number of nitrogens with two attached hydrogens (primary N) is 1. The Bertz CT molecular complexity index is 216. The van der Waals surface area contributed by atoms with Gasteiger partial charge in [-0.05, 0) is 26.9 Å². The van der Waals surface area contributed by atoms with Gasteiger partial charge in [0.2, 0.25) is 0 Å². The number of likely N-dealkylation sites (tertiary alicyclic amines) is 1. The van der Waals surface area contributed by atoms with Crippen LogP contribution in [0.1, 0.15) is 12.8 Å². The maximum Gasteiger partial charge on any atom is 0.0510 e. The molecule has 2 aliphatic rings. The van der Waals surface area contributed by atoms with Crippen LogP contribution in [-0.2, 0) is 4.74 Å². The molecule has 0 aromatic heterocycles. The van der Waals surface area contributed by atoms with Crippen LogP contribution in [0.3, 0.4) is 0 Å². The van der Waals surface area contributed by atoms with Gasteiger partial charge in [0.1, 0.15) is 0 Å². The first kappa shape index (κ1) is 12.3. The monoisotopic (exact) mass is 227 g/mol. The van der Waals surface area contributed by atoms with E-state index >= 15 is 0 Å². The van der Waals surface area contributed by atoms with Crippen LogP contribution in [0, 0.1) is 5.92 Å². The van der Waals surface area contributed by atoms with Crippen molar-refractivity contribution in [2.24, 2.45) is 11.7 Å². The zero-order valence-corrected chi connectivity index (χ0v) is 10.6. The van der Waals surface area contributed by atoms with Crippen molar-refractivity contribution in [2.45, 2.75) is 24.9 Å². The fraction of sp³-hybridized carbons (Fsp3) is 1.00. The molecule has 0 saturated carbocycles. The Hall–Kier alpha value is -0.160. The molecule has 0 spiro atoms. The second kappa shape index (κ2) is 5.45. The predicted octanol–water partition coefficient (Wildman–Crippen LogP) is -0.0139. The summed E-state index contributed by atoms with van der Waals surface area (Å²) in [5.74, 6) is 0.658. The zero-order chi connectivity index (χ0) is 11.5. The first-order chi connectivity index (χ1) is 7.72. The van der Waals surface area contributed by atoms with E-state index in [-0.39, 0.29) is 0 Å². The number of ether oxygens (including phenoxy) is 1. The van der Waals surface area contributed by atoms with Crippen molar-refractivity contribution in [2.75, 3.05) is 46.9 Å². The highest BCUT2D eigenvalue weighted by Gasteiger charge is 2.34. The lowest BCUT2D eigenvalue weighted by Crippen LogP contribution is -2.46. The van der Waals surface area contributed by atoms with Gasteiger partial charge in [0.25, 0.3) is 0 Å². The van der Waals surface area contributed by atoms with E-state index in [2.05, 4.69) is 23.9 Å². The van der Waals surface area contributed by atoms with Gasteiger partial charge in [-0.3, -0.25) is 4.90 Å². The van der Waals surface area contributed by atoms with Crippen LogP contribution in [0.4, 0.5) is 0 Å². The van der Waals surface area contributed by atoms with Crippen LogP contribution in [0.2, 0.25) is 0 Å². The van der Waals surface area contributed by atoms with E-state index < -0.39 is 0 Å². The highest BCUT2D eigenvalue weighted by Crippen LogP contribution is 2.24. The van der Waals surface area contributed by atoms with Gasteiger partial charge in [-0.25, -0.2) is 0 Å². The molecule has 0 aromatic rings. The number of rotatable bonds is 4. The minimum atomic E-state index is 0.535. The largest absolute Gasteiger partial charge is 0.381 e. The molecule has 0 radical (unpaired) electrons. The van der Waals surface area contributed by atoms with Crippen LogP contribution in [-0.4, -0.2) is 68.8 Å². The fourth-order valence-electron chi connectivity index (χ4n) is 2.99. The molecule has 16 heavy (non-hydrogen) atoms. The minimum Gasteiger partial charge on any atom is -0.381 e. The molecule has 2 N–H and O–H groups in total. The van der Waals surface area contributed by atoms with Crippen molar-refractivity contribution >= 4 is 0 Å². The Balaban J connectivity index is 1.90. The van der Waals surface area contributed by atoms with Crippen LogP contribution < -0.4 is 5.73 Å². The molecular formula is C12H25N3O. The van der Waals surface area contributed by atoms with E-state index in [0.717, 1.165) is 19.8 Å². The molecule has 3 atom stereocenters. The van der Waals surface area contributed by atoms with Crippen LogP contribution in [0.25, 0.3) is 0 Å². The molecule has 0 bridgehead atoms. The highest BCUT2D eigenvalue weighted by atomic mass is 16.5. The average Bonchev–Trinajstić information content (AvgIpc) is 2.88. The van der Waals surface area contributed by atoms with Gasteiger partial charge in [0, 0.05) is 44.2 Å². The molecular weight excluding hydrogens is 202 g/mol. The maximum absolute atomic E-state index is 5.94. The lowest BCUT2D eigenvalue weighted by Gasteiger charge is -2.31. The highest BCUT2D eigenvalue weighted by molar-refractivity contribution is 4.89. The van der Waals surface area contributed by atoms with E-state index in [0.29, 0.717) is 18.0 Å². The molecule has 0 aromatic carbocycles. The van der Waals surface area contributed by atoms with Crippen molar-refractivity contribution in [1.82, 2.24) is 9.80 Å². The van der Waals surface area contributed by atoms with Gasteiger partial charge >= 0.3 is 0 Å². The molecule has 2 heterocycles. The van der Waals surface area contributed by atoms with Crippen molar-refractivity contribution in [1.29, 1.82) is 0 Å². The van der Waals surface area contributed by atoms with Gasteiger partial charge in [-0.15, -0.1) is 0 Å². The second-order valence-corrected chi connectivity index (χ2v) is 5.33. The van der Waals surface area contributed by atoms with E-state index in [9.17, 15) is 0 Å². The van der Waals surface area contributed by atoms with E-state index in [1.807, 2.05) is 0 Å². The Labute approximate surface area is 98.7 Å². The van der Waals surface area contributed by atoms with Crippen molar-refractivity contribution in [3.05, 3.63) is 0 Å². The third-order valence-electron chi connectivity index (χ3n) is 4.14. The third kappa shape index (κ3) is 2.56. The summed E-state index contributed by atoms with van der Waals surface area (Å²) in [6, 6.07) is 1.24. The standard InChI is InChI=1S/C12H25N3O/c1-14(2)11-3-5-15(8-11)12(7-13)10-4-6-16-9-10/h10-12H,3-9,13H2,1-2H3. The van der Waals surface area contributed by atoms with Crippen molar-refractivity contribution in [3.63, 3.8) is 0 Å². The normalized spacial score (nSPS) is 33.8. The summed E-state index contributed by atoms with van der Waals surface area (Å²) in [5, 5.41) is 0. The molecule has 0 amide bonds. The first-order valence-corrected chi connectivity index (χ1v) is 6.40. The summed E-state index contributed by atoms with van der Waals surface area (Å²) in [4.78, 5) is 4.91. The Morgan fingerprint density at radius 3 is 2.75 bits per heavy atom. The zero-order valence-electron chi connectivity index (χ0n) is 10.6. The lowest BCUT2D eigenvalue weighted by molar-refractivity contribution is 0.134. The van der Waals surface area contributed by atoms with Gasteiger partial charge in [0.05, 0.1) is 6.61 Å². The fourth-order valence-corrected chi connectivity index (χ4v) is 2.99. The topological polar surface area (TPSA) is 41.7 Å². The summed E-state index contributed by atoms with van der Waals surface area (Å²) in [7, 11) is 4.34. The number of hydrogen-bond acceptors (Lipinski definition) is 4. The van der Waals surface area contributed by atoms with Gasteiger partial charge in [-0.2, -0.15) is 0 Å². The van der Waals surface area contributed by atoms with Gasteiger partial charge < -0.3 is 15.4 Å². The second-order valence-electron chi connectivity index (χ2n) is 5.33. The Morgan fingerprint density at radius 2 is 2.25 bits per heavy atom. The summed E-state index contributed by atoms with van der Waals surface area (Å²) in [5.41, 5.74) is 5.94. The first-order valence-electron chi connectivity index (χ1n) is 6.40. The molecule has 4 heteroatoms. The minimum absolute atomic E-state index is 0.535. The van der Waals surface area contributed by atoms with Crippen molar-refractivity contribution in [3.8, 4) is 0 Å². The number of hydrogen-bond donors (Lipinski definition) is 1. The summed E-state index contributed by atoms with van der Waals surface area (Å²) in [6.45, 7) is 4.97. The number of nitrogens with zero attached hydrogens (tertiary/aromatic N) is 2. The quantitative estimate of drug-likeness (QED) is 0.733. The molecule has 2 fully saturated rings. The van der Waals surface area contributed by atoms with E-state index in [1.54, 1.807) is 0 Å². The molecule has 0 aliphatic carbocycles. The molecule has 4 nitrogen and oxygen atoms in total.